The van der Waals surface area contributed by atoms with Crippen LogP contribution in [0.3, 0.4) is 0 Å². The minimum absolute atomic E-state index is 0. The van der Waals surface area contributed by atoms with Gasteiger partial charge in [-0.1, -0.05) is 0 Å². The smallest absolute Gasteiger partial charge is 0.147 e. The van der Waals surface area contributed by atoms with E-state index >= 15 is 0 Å². The summed E-state index contributed by atoms with van der Waals surface area (Å²) >= 11 is -1.82. The molecule has 1 aromatic carbocycles. The van der Waals surface area contributed by atoms with Crippen molar-refractivity contribution < 1.29 is 18.8 Å². The van der Waals surface area contributed by atoms with Crippen LogP contribution in [0.15, 0.2) is 30.3 Å². The summed E-state index contributed by atoms with van der Waals surface area (Å²) in [5, 5.41) is 0.797. The molecule has 1 aromatic rings. The van der Waals surface area contributed by atoms with Gasteiger partial charge in [0.25, 0.3) is 0 Å². The van der Waals surface area contributed by atoms with Crippen LogP contribution in [0.2, 0.25) is 4.63 Å². The minimum Gasteiger partial charge on any atom is -0.147 e. The maximum Gasteiger partial charge on any atom is -0.147 e. The van der Waals surface area contributed by atoms with Gasteiger partial charge in [0.05, 0.1) is 0 Å². The molecule has 0 aliphatic heterocycles. The van der Waals surface area contributed by atoms with Gasteiger partial charge in [-0.2, -0.15) is 0 Å². The molecule has 0 saturated heterocycles. The van der Waals surface area contributed by atoms with E-state index < -0.39 is 15.1 Å². The molecule has 14 heavy (non-hydrogen) atoms. The standard InChI is InChI=1S/C7H7.C3H7.2ClH.O.V/c1-7-5-3-2-4-6-7;1-3-2;;;;/h2-6H,1H2;3H,1-2H3;2*1H;;. The average Bonchev–Trinajstić information content (AvgIpc) is 2.06. The molecule has 0 amide bonds. The number of benzene rings is 1. The second kappa shape index (κ2) is 8.49. The van der Waals surface area contributed by atoms with Crippen molar-refractivity contribution in [3.05, 3.63) is 35.9 Å². The Morgan fingerprint density at radius 2 is 1.64 bits per heavy atom. The second-order valence-electron chi connectivity index (χ2n) is 3.15. The fourth-order valence-electron chi connectivity index (χ4n) is 0.946. The molecule has 0 atom stereocenters. The zero-order valence-electron chi connectivity index (χ0n) is 8.34. The van der Waals surface area contributed by atoms with Crippen LogP contribution >= 0.6 is 24.8 Å². The molecule has 0 aliphatic carbocycles. The van der Waals surface area contributed by atoms with Gasteiger partial charge in [0.1, 0.15) is 0 Å². The maximum atomic E-state index is 11.5. The van der Waals surface area contributed by atoms with E-state index in [0.717, 1.165) is 5.13 Å². The Bertz CT molecular complexity index is 262. The molecule has 0 N–H and O–H groups in total. The fourth-order valence-corrected chi connectivity index (χ4v) is 2.41. The number of hydrogen-bond acceptors (Lipinski definition) is 1. The zero-order chi connectivity index (χ0) is 8.97. The number of halogens is 2. The molecule has 0 heterocycles. The molecule has 1 rings (SSSR count). The Balaban J connectivity index is 0. The van der Waals surface area contributed by atoms with E-state index in [4.69, 9.17) is 0 Å². The van der Waals surface area contributed by atoms with E-state index in [1.165, 1.54) is 5.56 Å². The molecular weight excluding hydrogens is 258 g/mol. The van der Waals surface area contributed by atoms with Gasteiger partial charge in [0.2, 0.25) is 0 Å². The van der Waals surface area contributed by atoms with Crippen LogP contribution in [0, 0.1) is 0 Å². The molecule has 4 heteroatoms. The molecule has 0 saturated carbocycles. The van der Waals surface area contributed by atoms with Gasteiger partial charge < -0.3 is 0 Å². The third kappa shape index (κ3) is 5.82. The van der Waals surface area contributed by atoms with E-state index in [1.54, 1.807) is 0 Å². The first kappa shape index (κ1) is 16.6. The first-order valence-electron chi connectivity index (χ1n) is 4.18. The SMILES string of the molecule is C[CH](C)[V](=[O])[CH2]c1ccccc1.Cl.Cl. The molecule has 0 aliphatic rings. The van der Waals surface area contributed by atoms with Gasteiger partial charge >= 0.3 is 78.3 Å². The van der Waals surface area contributed by atoms with Gasteiger partial charge in [-0.05, 0) is 0 Å². The van der Waals surface area contributed by atoms with Crippen molar-refractivity contribution in [1.82, 2.24) is 0 Å². The predicted octanol–water partition coefficient (Wildman–Crippen LogP) is 3.82. The predicted molar refractivity (Wildman–Crippen MR) is 60.4 cm³/mol. The number of hydrogen-bond donors (Lipinski definition) is 0. The van der Waals surface area contributed by atoms with Gasteiger partial charge in [0.15, 0.2) is 0 Å². The molecule has 0 bridgehead atoms. The fraction of sp³-hybridized carbons (Fsp3) is 0.400. The summed E-state index contributed by atoms with van der Waals surface area (Å²) in [6, 6.07) is 10.1. The summed E-state index contributed by atoms with van der Waals surface area (Å²) in [6.45, 7) is 4.08. The van der Waals surface area contributed by atoms with Crippen molar-refractivity contribution in [1.29, 1.82) is 0 Å². The Hall–Kier alpha value is 0.184. The first-order chi connectivity index (χ1) is 5.70. The molecule has 0 fully saturated rings. The van der Waals surface area contributed by atoms with Crippen LogP contribution in [0.1, 0.15) is 19.4 Å². The van der Waals surface area contributed by atoms with Crippen molar-refractivity contribution in [3.63, 3.8) is 0 Å². The Morgan fingerprint density at radius 1 is 1.14 bits per heavy atom. The molecular formula is C10H16Cl2OV. The molecule has 0 aromatic heterocycles. The van der Waals surface area contributed by atoms with Crippen molar-refractivity contribution in [2.24, 2.45) is 0 Å². The van der Waals surface area contributed by atoms with Crippen molar-refractivity contribution in [2.75, 3.05) is 0 Å². The maximum absolute atomic E-state index is 11.5. The van der Waals surface area contributed by atoms with Crippen molar-refractivity contribution in [2.45, 2.75) is 23.6 Å². The summed E-state index contributed by atoms with van der Waals surface area (Å²) in [6.07, 6.45) is 0. The van der Waals surface area contributed by atoms with Crippen molar-refractivity contribution >= 4 is 24.8 Å². The normalized spacial score (nSPS) is 8.79. The largest absolute Gasteiger partial charge is 0.147 e. The zero-order valence-corrected chi connectivity index (χ0v) is 11.4. The second-order valence-corrected chi connectivity index (χ2v) is 6.56. The number of rotatable bonds is 3. The molecule has 0 spiro atoms. The van der Waals surface area contributed by atoms with Crippen molar-refractivity contribution in [3.8, 4) is 0 Å². The molecule has 1 nitrogen and oxygen atoms in total. The van der Waals surface area contributed by atoms with E-state index in [2.05, 4.69) is 0 Å². The third-order valence-electron chi connectivity index (χ3n) is 1.76. The van der Waals surface area contributed by atoms with Crippen LogP contribution < -0.4 is 0 Å². The molecule has 81 valence electrons. The van der Waals surface area contributed by atoms with E-state index in [-0.39, 0.29) is 24.8 Å². The van der Waals surface area contributed by atoms with Crippen LogP contribution in [0.4, 0.5) is 0 Å². The van der Waals surface area contributed by atoms with E-state index in [1.807, 2.05) is 44.2 Å². The Labute approximate surface area is 103 Å². The van der Waals surface area contributed by atoms with Gasteiger partial charge in [-0.15, -0.1) is 24.8 Å². The first-order valence-corrected chi connectivity index (χ1v) is 6.54. The van der Waals surface area contributed by atoms with Crippen LogP contribution in [-0.2, 0) is 23.9 Å². The van der Waals surface area contributed by atoms with Gasteiger partial charge in [0, 0.05) is 0 Å². The monoisotopic (exact) mass is 273 g/mol. The quantitative estimate of drug-likeness (QED) is 0.818. The Morgan fingerprint density at radius 3 is 2.07 bits per heavy atom. The van der Waals surface area contributed by atoms with E-state index in [0.29, 0.717) is 4.63 Å². The summed E-state index contributed by atoms with van der Waals surface area (Å²) in [5.41, 5.74) is 1.21. The summed E-state index contributed by atoms with van der Waals surface area (Å²) in [7, 11) is 0. The van der Waals surface area contributed by atoms with Crippen LogP contribution in [0.5, 0.6) is 0 Å². The topological polar surface area (TPSA) is 17.1 Å². The van der Waals surface area contributed by atoms with Gasteiger partial charge in [-0.25, -0.2) is 0 Å². The third-order valence-corrected chi connectivity index (χ3v) is 4.61. The minimum atomic E-state index is -1.82. The van der Waals surface area contributed by atoms with Gasteiger partial charge in [-0.3, -0.25) is 0 Å². The summed E-state index contributed by atoms with van der Waals surface area (Å²) in [5.74, 6) is 0. The molecule has 0 radical (unpaired) electrons. The van der Waals surface area contributed by atoms with Crippen LogP contribution in [0.25, 0.3) is 0 Å². The summed E-state index contributed by atoms with van der Waals surface area (Å²) in [4.78, 5) is 0. The average molecular weight is 274 g/mol. The Kier molecular flexibility index (Phi) is 10.1. The molecule has 0 unspecified atom stereocenters. The summed E-state index contributed by atoms with van der Waals surface area (Å²) < 4.78 is 11.9. The van der Waals surface area contributed by atoms with Crippen LogP contribution in [-0.4, -0.2) is 0 Å². The van der Waals surface area contributed by atoms with E-state index in [9.17, 15) is 3.67 Å².